The maximum absolute atomic E-state index is 13.1. The van der Waals surface area contributed by atoms with E-state index in [-0.39, 0.29) is 23.7 Å². The Balaban J connectivity index is 1.32. The van der Waals surface area contributed by atoms with Crippen LogP contribution in [0, 0.1) is 0 Å². The Morgan fingerprint density at radius 2 is 1.80 bits per heavy atom. The fourth-order valence-corrected chi connectivity index (χ4v) is 4.92. The number of piperazine rings is 1. The molecule has 1 aliphatic rings. The molecule has 1 aromatic carbocycles. The first-order chi connectivity index (χ1) is 16.8. The zero-order valence-corrected chi connectivity index (χ0v) is 20.3. The second kappa shape index (κ2) is 9.06. The minimum Gasteiger partial charge on any atom is -0.367 e. The van der Waals surface area contributed by atoms with Crippen molar-refractivity contribution in [3.63, 3.8) is 0 Å². The van der Waals surface area contributed by atoms with Gasteiger partial charge in [-0.15, -0.1) is 0 Å². The van der Waals surface area contributed by atoms with E-state index in [2.05, 4.69) is 24.8 Å². The molecule has 1 fully saturated rings. The van der Waals surface area contributed by atoms with Gasteiger partial charge in [0, 0.05) is 67.3 Å². The summed E-state index contributed by atoms with van der Waals surface area (Å²) in [5, 5.41) is -0.194. The van der Waals surface area contributed by atoms with Crippen LogP contribution in [-0.2, 0) is 21.2 Å². The quantitative estimate of drug-likeness (QED) is 0.390. The summed E-state index contributed by atoms with van der Waals surface area (Å²) in [6.07, 6.45) is 7.52. The number of amides is 1. The highest BCUT2D eigenvalue weighted by Crippen LogP contribution is 2.31. The van der Waals surface area contributed by atoms with Crippen LogP contribution in [0.3, 0.4) is 0 Å². The van der Waals surface area contributed by atoms with Crippen LogP contribution in [0.4, 0.5) is 5.69 Å². The molecule has 180 valence electrons. The third-order valence-corrected chi connectivity index (χ3v) is 7.02. The van der Waals surface area contributed by atoms with Crippen molar-refractivity contribution in [2.24, 2.45) is 0 Å². The van der Waals surface area contributed by atoms with E-state index in [9.17, 15) is 13.2 Å². The maximum Gasteiger partial charge on any atom is 0.246 e. The number of pyridine rings is 1. The van der Waals surface area contributed by atoms with Crippen LogP contribution in [0.1, 0.15) is 6.92 Å². The van der Waals surface area contributed by atoms with E-state index >= 15 is 0 Å². The third-order valence-electron chi connectivity index (χ3n) is 6.14. The van der Waals surface area contributed by atoms with Crippen LogP contribution in [0.5, 0.6) is 0 Å². The Labute approximate surface area is 203 Å². The lowest BCUT2D eigenvalue weighted by Gasteiger charge is -2.41. The standard InChI is InChI=1S/C24H25N7O3S/c1-17-14-29(10-11-31(17)22(32)15-30-16-28-20-7-5-9-25-23(20)30)21-8-4-3-6-19(21)18-12-26-24(27-13-18)35(2,33)34/h3-9,12-13,16-17H,10-11,14-15H2,1-2H3. The van der Waals surface area contributed by atoms with E-state index in [1.54, 1.807) is 17.1 Å². The number of rotatable bonds is 5. The topological polar surface area (TPSA) is 114 Å². The largest absolute Gasteiger partial charge is 0.367 e. The van der Waals surface area contributed by atoms with Crippen LogP contribution in [-0.4, -0.2) is 75.7 Å². The van der Waals surface area contributed by atoms with Crippen molar-refractivity contribution in [3.05, 3.63) is 61.3 Å². The number of carbonyl (C=O) groups is 1. The first kappa shape index (κ1) is 22.9. The van der Waals surface area contributed by atoms with E-state index in [1.165, 1.54) is 12.4 Å². The molecule has 1 unspecified atom stereocenters. The molecule has 1 amide bonds. The molecule has 5 rings (SSSR count). The molecular formula is C24H25N7O3S. The number of para-hydroxylation sites is 1. The lowest BCUT2D eigenvalue weighted by atomic mass is 10.0. The highest BCUT2D eigenvalue weighted by Gasteiger charge is 2.29. The highest BCUT2D eigenvalue weighted by atomic mass is 32.2. The maximum atomic E-state index is 13.1. The van der Waals surface area contributed by atoms with Crippen molar-refractivity contribution >= 4 is 32.6 Å². The van der Waals surface area contributed by atoms with Crippen LogP contribution in [0.25, 0.3) is 22.3 Å². The smallest absolute Gasteiger partial charge is 0.246 e. The first-order valence-electron chi connectivity index (χ1n) is 11.2. The average molecular weight is 492 g/mol. The number of hydrogen-bond donors (Lipinski definition) is 0. The normalized spacial score (nSPS) is 16.6. The Kier molecular flexibility index (Phi) is 5.93. The first-order valence-corrected chi connectivity index (χ1v) is 13.1. The van der Waals surface area contributed by atoms with E-state index in [0.717, 1.165) is 28.6 Å². The molecular weight excluding hydrogens is 466 g/mol. The number of anilines is 1. The number of fused-ring (bicyclic) bond motifs is 1. The van der Waals surface area contributed by atoms with Crippen molar-refractivity contribution < 1.29 is 13.2 Å². The number of imidazole rings is 1. The Bertz CT molecular complexity index is 1480. The summed E-state index contributed by atoms with van der Waals surface area (Å²) in [6, 6.07) is 11.6. The zero-order valence-electron chi connectivity index (χ0n) is 19.4. The van der Waals surface area contributed by atoms with E-state index < -0.39 is 9.84 Å². The van der Waals surface area contributed by atoms with Crippen LogP contribution < -0.4 is 4.90 Å². The van der Waals surface area contributed by atoms with Crippen molar-refractivity contribution in [1.29, 1.82) is 0 Å². The average Bonchev–Trinajstić information content (AvgIpc) is 3.26. The molecule has 3 aromatic heterocycles. The van der Waals surface area contributed by atoms with Gasteiger partial charge in [-0.05, 0) is 25.1 Å². The molecule has 0 spiro atoms. The minimum atomic E-state index is -3.46. The van der Waals surface area contributed by atoms with Gasteiger partial charge in [-0.1, -0.05) is 18.2 Å². The van der Waals surface area contributed by atoms with E-state index in [1.807, 2.05) is 48.2 Å². The molecule has 1 saturated heterocycles. The summed E-state index contributed by atoms with van der Waals surface area (Å²) in [5.74, 6) is 0.0279. The molecule has 35 heavy (non-hydrogen) atoms. The number of hydrogen-bond acceptors (Lipinski definition) is 8. The monoisotopic (exact) mass is 491 g/mol. The van der Waals surface area contributed by atoms with Crippen molar-refractivity contribution in [3.8, 4) is 11.1 Å². The number of sulfone groups is 1. The van der Waals surface area contributed by atoms with Crippen LogP contribution in [0.2, 0.25) is 0 Å². The summed E-state index contributed by atoms with van der Waals surface area (Å²) in [4.78, 5) is 34.0. The Morgan fingerprint density at radius 3 is 2.54 bits per heavy atom. The second-order valence-corrected chi connectivity index (χ2v) is 10.6. The van der Waals surface area contributed by atoms with Gasteiger partial charge in [-0.2, -0.15) is 0 Å². The van der Waals surface area contributed by atoms with Gasteiger partial charge in [0.2, 0.25) is 20.9 Å². The zero-order chi connectivity index (χ0) is 24.6. The van der Waals surface area contributed by atoms with Crippen molar-refractivity contribution in [2.45, 2.75) is 24.7 Å². The molecule has 4 heterocycles. The predicted molar refractivity (Wildman–Crippen MR) is 131 cm³/mol. The molecule has 10 nitrogen and oxygen atoms in total. The summed E-state index contributed by atoms with van der Waals surface area (Å²) in [6.45, 7) is 4.14. The fraction of sp³-hybridized carbons (Fsp3) is 0.292. The predicted octanol–water partition coefficient (Wildman–Crippen LogP) is 2.03. The van der Waals surface area contributed by atoms with E-state index in [0.29, 0.717) is 25.3 Å². The van der Waals surface area contributed by atoms with Gasteiger partial charge in [-0.25, -0.2) is 28.4 Å². The molecule has 0 radical (unpaired) electrons. The van der Waals surface area contributed by atoms with Gasteiger partial charge in [0.25, 0.3) is 0 Å². The summed E-state index contributed by atoms with van der Waals surface area (Å²) < 4.78 is 25.2. The summed E-state index contributed by atoms with van der Waals surface area (Å²) >= 11 is 0. The summed E-state index contributed by atoms with van der Waals surface area (Å²) in [7, 11) is -3.46. The van der Waals surface area contributed by atoms with Crippen molar-refractivity contribution in [2.75, 3.05) is 30.8 Å². The molecule has 1 aliphatic heterocycles. The molecule has 11 heteroatoms. The number of carbonyl (C=O) groups excluding carboxylic acids is 1. The molecule has 4 aromatic rings. The molecule has 0 aliphatic carbocycles. The summed E-state index contributed by atoms with van der Waals surface area (Å²) in [5.41, 5.74) is 4.11. The van der Waals surface area contributed by atoms with Crippen LogP contribution >= 0.6 is 0 Å². The van der Waals surface area contributed by atoms with Gasteiger partial charge < -0.3 is 14.4 Å². The Hall–Kier alpha value is -3.86. The molecule has 0 saturated carbocycles. The fourth-order valence-electron chi connectivity index (χ4n) is 4.44. The lowest BCUT2D eigenvalue weighted by molar-refractivity contribution is -0.134. The Morgan fingerprint density at radius 1 is 1.03 bits per heavy atom. The van der Waals surface area contributed by atoms with Gasteiger partial charge in [0.05, 0.1) is 6.33 Å². The highest BCUT2D eigenvalue weighted by molar-refractivity contribution is 7.90. The van der Waals surface area contributed by atoms with Gasteiger partial charge in [-0.3, -0.25) is 4.79 Å². The number of nitrogens with zero attached hydrogens (tertiary/aromatic N) is 7. The van der Waals surface area contributed by atoms with Crippen LogP contribution in [0.15, 0.2) is 66.5 Å². The van der Waals surface area contributed by atoms with Gasteiger partial charge in [0.15, 0.2) is 5.65 Å². The van der Waals surface area contributed by atoms with Gasteiger partial charge >= 0.3 is 0 Å². The number of benzene rings is 1. The minimum absolute atomic E-state index is 0.00379. The van der Waals surface area contributed by atoms with Gasteiger partial charge in [0.1, 0.15) is 12.1 Å². The lowest BCUT2D eigenvalue weighted by Crippen LogP contribution is -2.54. The molecule has 0 bridgehead atoms. The third kappa shape index (κ3) is 4.59. The molecule has 1 atom stereocenters. The van der Waals surface area contributed by atoms with Crippen molar-refractivity contribution in [1.82, 2.24) is 29.4 Å². The SMILES string of the molecule is CC1CN(c2ccccc2-c2cnc(S(C)(=O)=O)nc2)CCN1C(=O)Cn1cnc2cccnc21. The molecule has 0 N–H and O–H groups in total. The van der Waals surface area contributed by atoms with E-state index in [4.69, 9.17) is 0 Å². The second-order valence-electron chi connectivity index (χ2n) is 8.64. The number of aromatic nitrogens is 5.